The van der Waals surface area contributed by atoms with Crippen molar-refractivity contribution < 1.29 is 9.47 Å². The third kappa shape index (κ3) is 4.69. The highest BCUT2D eigenvalue weighted by molar-refractivity contribution is 9.09. The van der Waals surface area contributed by atoms with Crippen molar-refractivity contribution in [3.8, 4) is 0 Å². The van der Waals surface area contributed by atoms with Crippen LogP contribution in [0.25, 0.3) is 0 Å². The molecular formula is C11H19BrCl2O2. The van der Waals surface area contributed by atoms with Crippen molar-refractivity contribution in [2.75, 3.05) is 18.9 Å². The van der Waals surface area contributed by atoms with Gasteiger partial charge in [0.05, 0.1) is 23.1 Å². The van der Waals surface area contributed by atoms with E-state index in [0.717, 1.165) is 25.7 Å². The highest BCUT2D eigenvalue weighted by atomic mass is 79.9. The second-order valence-electron chi connectivity index (χ2n) is 4.15. The van der Waals surface area contributed by atoms with Crippen LogP contribution in [0, 0.1) is 0 Å². The normalized spacial score (nSPS) is 30.0. The number of hydrogen-bond donors (Lipinski definition) is 0. The molecule has 5 heteroatoms. The van der Waals surface area contributed by atoms with E-state index in [2.05, 4.69) is 15.9 Å². The fourth-order valence-corrected chi connectivity index (χ4v) is 3.02. The van der Waals surface area contributed by atoms with E-state index in [1.54, 1.807) is 7.11 Å². The molecular weight excluding hydrogens is 315 g/mol. The molecule has 0 heterocycles. The highest BCUT2D eigenvalue weighted by Gasteiger charge is 2.27. The molecule has 0 radical (unpaired) electrons. The predicted molar refractivity (Wildman–Crippen MR) is 72.1 cm³/mol. The third-order valence-electron chi connectivity index (χ3n) is 2.98. The van der Waals surface area contributed by atoms with Gasteiger partial charge in [-0.3, -0.25) is 0 Å². The number of hydrogen-bond acceptors (Lipinski definition) is 2. The summed E-state index contributed by atoms with van der Waals surface area (Å²) in [5, 5.41) is 0. The standard InChI is InChI=1S/C11H19BrCl2O2/c1-15-8-3-2-4-9(5-8)16-11(7-14)10(12)6-13/h8-11H,2-7H2,1H3. The highest BCUT2D eigenvalue weighted by Crippen LogP contribution is 2.26. The summed E-state index contributed by atoms with van der Waals surface area (Å²) >= 11 is 15.2. The van der Waals surface area contributed by atoms with Gasteiger partial charge < -0.3 is 9.47 Å². The minimum absolute atomic E-state index is 0.0141. The minimum atomic E-state index is -0.0141. The van der Waals surface area contributed by atoms with Crippen molar-refractivity contribution >= 4 is 39.1 Å². The lowest BCUT2D eigenvalue weighted by Gasteiger charge is -2.32. The van der Waals surface area contributed by atoms with Crippen LogP contribution in [0.5, 0.6) is 0 Å². The largest absolute Gasteiger partial charge is 0.381 e. The zero-order valence-corrected chi connectivity index (χ0v) is 12.6. The van der Waals surface area contributed by atoms with Gasteiger partial charge in [-0.1, -0.05) is 15.9 Å². The van der Waals surface area contributed by atoms with E-state index >= 15 is 0 Å². The third-order valence-corrected chi connectivity index (χ3v) is 4.90. The predicted octanol–water partition coefficient (Wildman–Crippen LogP) is 3.57. The molecule has 0 amide bonds. The summed E-state index contributed by atoms with van der Waals surface area (Å²) in [6, 6.07) is 0. The Bertz CT molecular complexity index is 195. The summed E-state index contributed by atoms with van der Waals surface area (Å²) in [5.41, 5.74) is 0. The van der Waals surface area contributed by atoms with E-state index in [-0.39, 0.29) is 17.0 Å². The zero-order chi connectivity index (χ0) is 12.0. The summed E-state index contributed by atoms with van der Waals surface area (Å²) in [5.74, 6) is 0.981. The Kier molecular flexibility index (Phi) is 7.66. The molecule has 1 aliphatic carbocycles. The van der Waals surface area contributed by atoms with Gasteiger partial charge in [-0.15, -0.1) is 23.2 Å². The van der Waals surface area contributed by atoms with Crippen LogP contribution < -0.4 is 0 Å². The Hall–Kier alpha value is 0.980. The second kappa shape index (κ2) is 8.15. The lowest BCUT2D eigenvalue weighted by atomic mass is 9.95. The van der Waals surface area contributed by atoms with Gasteiger partial charge in [0.15, 0.2) is 0 Å². The average molecular weight is 334 g/mol. The van der Waals surface area contributed by atoms with Crippen LogP contribution in [0.1, 0.15) is 25.7 Å². The molecule has 0 spiro atoms. The molecule has 0 bridgehead atoms. The molecule has 4 unspecified atom stereocenters. The van der Waals surface area contributed by atoms with Crippen LogP contribution >= 0.6 is 39.1 Å². The molecule has 0 aromatic carbocycles. The van der Waals surface area contributed by atoms with Crippen molar-refractivity contribution in [2.45, 2.75) is 48.8 Å². The summed E-state index contributed by atoms with van der Waals surface area (Å²) in [6.07, 6.45) is 4.92. The maximum Gasteiger partial charge on any atom is 0.0850 e. The molecule has 1 rings (SSSR count). The molecule has 0 N–H and O–H groups in total. The first-order chi connectivity index (χ1) is 7.71. The van der Waals surface area contributed by atoms with Gasteiger partial charge in [-0.25, -0.2) is 0 Å². The fourth-order valence-electron chi connectivity index (χ4n) is 2.00. The van der Waals surface area contributed by atoms with E-state index in [4.69, 9.17) is 32.7 Å². The van der Waals surface area contributed by atoms with Crippen molar-refractivity contribution in [2.24, 2.45) is 0 Å². The van der Waals surface area contributed by atoms with Gasteiger partial charge in [0.1, 0.15) is 0 Å². The molecule has 96 valence electrons. The van der Waals surface area contributed by atoms with Crippen LogP contribution in [-0.4, -0.2) is 42.0 Å². The van der Waals surface area contributed by atoms with E-state index in [0.29, 0.717) is 17.9 Å². The Labute approximate surface area is 116 Å². The Morgan fingerprint density at radius 3 is 2.50 bits per heavy atom. The van der Waals surface area contributed by atoms with Crippen molar-refractivity contribution in [3.05, 3.63) is 0 Å². The summed E-state index contributed by atoms with van der Waals surface area (Å²) in [7, 11) is 1.76. The first kappa shape index (κ1) is 15.0. The fraction of sp³-hybridized carbons (Fsp3) is 1.00. The molecule has 0 saturated heterocycles. The molecule has 2 nitrogen and oxygen atoms in total. The quantitative estimate of drug-likeness (QED) is 0.692. The monoisotopic (exact) mass is 332 g/mol. The molecule has 16 heavy (non-hydrogen) atoms. The SMILES string of the molecule is COC1CCCC(OC(CCl)C(Br)CCl)C1. The van der Waals surface area contributed by atoms with Crippen molar-refractivity contribution in [3.63, 3.8) is 0 Å². The van der Waals surface area contributed by atoms with E-state index in [9.17, 15) is 0 Å². The molecule has 4 atom stereocenters. The van der Waals surface area contributed by atoms with Crippen LogP contribution in [0.4, 0.5) is 0 Å². The lowest BCUT2D eigenvalue weighted by molar-refractivity contribution is -0.0561. The van der Waals surface area contributed by atoms with Crippen molar-refractivity contribution in [1.82, 2.24) is 0 Å². The molecule has 0 aromatic rings. The first-order valence-corrected chi connectivity index (χ1v) is 7.64. The number of ether oxygens (including phenoxy) is 2. The Morgan fingerprint density at radius 1 is 1.25 bits per heavy atom. The van der Waals surface area contributed by atoms with Gasteiger partial charge in [-0.2, -0.15) is 0 Å². The summed E-state index contributed by atoms with van der Waals surface area (Å²) in [6.45, 7) is 0. The number of rotatable bonds is 6. The summed E-state index contributed by atoms with van der Waals surface area (Å²) < 4.78 is 11.4. The first-order valence-electron chi connectivity index (χ1n) is 5.65. The molecule has 1 fully saturated rings. The maximum atomic E-state index is 5.98. The number of methoxy groups -OCH3 is 1. The van der Waals surface area contributed by atoms with Crippen LogP contribution in [0.2, 0.25) is 0 Å². The molecule has 1 saturated carbocycles. The maximum absolute atomic E-state index is 5.98. The van der Waals surface area contributed by atoms with E-state index in [1.165, 1.54) is 0 Å². The second-order valence-corrected chi connectivity index (χ2v) is 5.94. The topological polar surface area (TPSA) is 18.5 Å². The molecule has 1 aliphatic rings. The van der Waals surface area contributed by atoms with E-state index in [1.807, 2.05) is 0 Å². The van der Waals surface area contributed by atoms with E-state index < -0.39 is 0 Å². The van der Waals surface area contributed by atoms with Gasteiger partial charge in [-0.05, 0) is 25.7 Å². The van der Waals surface area contributed by atoms with Crippen LogP contribution in [-0.2, 0) is 9.47 Å². The number of halogens is 3. The van der Waals surface area contributed by atoms with Crippen molar-refractivity contribution in [1.29, 1.82) is 0 Å². The molecule has 0 aliphatic heterocycles. The van der Waals surface area contributed by atoms with Crippen LogP contribution in [0.3, 0.4) is 0 Å². The van der Waals surface area contributed by atoms with Gasteiger partial charge >= 0.3 is 0 Å². The zero-order valence-electron chi connectivity index (χ0n) is 9.50. The van der Waals surface area contributed by atoms with Gasteiger partial charge in [0, 0.05) is 18.9 Å². The van der Waals surface area contributed by atoms with Gasteiger partial charge in [0.2, 0.25) is 0 Å². The van der Waals surface area contributed by atoms with Gasteiger partial charge in [0.25, 0.3) is 0 Å². The average Bonchev–Trinajstić information content (AvgIpc) is 2.35. The molecule has 0 aromatic heterocycles. The lowest BCUT2D eigenvalue weighted by Crippen LogP contribution is -2.36. The Balaban J connectivity index is 2.38. The summed E-state index contributed by atoms with van der Waals surface area (Å²) in [4.78, 5) is 0.120. The van der Waals surface area contributed by atoms with Crippen LogP contribution in [0.15, 0.2) is 0 Å². The number of alkyl halides is 3. The Morgan fingerprint density at radius 2 is 1.94 bits per heavy atom. The smallest absolute Gasteiger partial charge is 0.0850 e. The minimum Gasteiger partial charge on any atom is -0.381 e.